The maximum atomic E-state index is 12.8. The van der Waals surface area contributed by atoms with Gasteiger partial charge >= 0.3 is 0 Å². The van der Waals surface area contributed by atoms with Crippen LogP contribution in [0.2, 0.25) is 0 Å². The van der Waals surface area contributed by atoms with Crippen molar-refractivity contribution in [3.05, 3.63) is 41.9 Å². The Hall–Kier alpha value is -2.67. The van der Waals surface area contributed by atoms with E-state index < -0.39 is 0 Å². The maximum Gasteiger partial charge on any atom is 0.245 e. The third kappa shape index (κ3) is 4.05. The van der Waals surface area contributed by atoms with Crippen LogP contribution in [-0.4, -0.2) is 63.1 Å². The SMILES string of the molecule is CC(CC(=O)c1nc(N2CCN(C)C(C)(C)C2)n[nH]1)Cc1c[nH]c2ccccc12. The summed E-state index contributed by atoms with van der Waals surface area (Å²) in [5.41, 5.74) is 2.44. The van der Waals surface area contributed by atoms with E-state index in [0.717, 1.165) is 31.6 Å². The number of hydrogen-bond acceptors (Lipinski definition) is 5. The number of piperazine rings is 1. The summed E-state index contributed by atoms with van der Waals surface area (Å²) in [5, 5.41) is 8.41. The number of carbonyl (C=O) groups is 1. The smallest absolute Gasteiger partial charge is 0.245 e. The molecule has 0 saturated carbocycles. The number of aromatic nitrogens is 4. The summed E-state index contributed by atoms with van der Waals surface area (Å²) in [6.07, 6.45) is 3.35. The van der Waals surface area contributed by atoms with Gasteiger partial charge in [0.05, 0.1) is 0 Å². The van der Waals surface area contributed by atoms with E-state index in [1.165, 1.54) is 10.9 Å². The summed E-state index contributed by atoms with van der Waals surface area (Å²) in [5.74, 6) is 1.23. The van der Waals surface area contributed by atoms with Crippen LogP contribution >= 0.6 is 0 Å². The minimum atomic E-state index is 0.0180. The fourth-order valence-corrected chi connectivity index (χ4v) is 4.09. The number of carbonyl (C=O) groups excluding carboxylic acids is 1. The molecule has 0 radical (unpaired) electrons. The first kappa shape index (κ1) is 19.6. The van der Waals surface area contributed by atoms with E-state index >= 15 is 0 Å². The van der Waals surface area contributed by atoms with Gasteiger partial charge in [-0.1, -0.05) is 25.1 Å². The third-order valence-electron chi connectivity index (χ3n) is 6.11. The van der Waals surface area contributed by atoms with Gasteiger partial charge in [-0.25, -0.2) is 0 Å². The van der Waals surface area contributed by atoms with Gasteiger partial charge in [0, 0.05) is 48.7 Å². The van der Waals surface area contributed by atoms with Crippen LogP contribution in [0.5, 0.6) is 0 Å². The number of fused-ring (bicyclic) bond motifs is 1. The number of rotatable bonds is 6. The highest BCUT2D eigenvalue weighted by molar-refractivity contribution is 5.93. The Morgan fingerprint density at radius 3 is 2.86 bits per heavy atom. The molecule has 1 saturated heterocycles. The second-order valence-corrected chi connectivity index (χ2v) is 8.94. The lowest BCUT2D eigenvalue weighted by atomic mass is 9.95. The van der Waals surface area contributed by atoms with Gasteiger partial charge in [0.2, 0.25) is 5.95 Å². The summed E-state index contributed by atoms with van der Waals surface area (Å²) < 4.78 is 0. The lowest BCUT2D eigenvalue weighted by Crippen LogP contribution is -2.58. The topological polar surface area (TPSA) is 80.9 Å². The number of nitrogens with one attached hydrogen (secondary N) is 2. The molecular weight excluding hydrogens is 364 g/mol. The Morgan fingerprint density at radius 1 is 1.28 bits per heavy atom. The second kappa shape index (κ2) is 7.63. The summed E-state index contributed by atoms with van der Waals surface area (Å²) in [7, 11) is 2.14. The number of nitrogens with zero attached hydrogens (tertiary/aromatic N) is 4. The van der Waals surface area contributed by atoms with Gasteiger partial charge < -0.3 is 9.88 Å². The second-order valence-electron chi connectivity index (χ2n) is 8.94. The van der Waals surface area contributed by atoms with Crippen LogP contribution in [0, 0.1) is 5.92 Å². The molecule has 0 spiro atoms. The minimum Gasteiger partial charge on any atom is -0.361 e. The van der Waals surface area contributed by atoms with Crippen LogP contribution in [0.25, 0.3) is 10.9 Å². The predicted octanol–water partition coefficient (Wildman–Crippen LogP) is 3.27. The van der Waals surface area contributed by atoms with Gasteiger partial charge in [0.15, 0.2) is 11.6 Å². The predicted molar refractivity (Wildman–Crippen MR) is 115 cm³/mol. The van der Waals surface area contributed by atoms with Gasteiger partial charge in [0.1, 0.15) is 0 Å². The number of para-hydroxylation sites is 1. The zero-order valence-electron chi connectivity index (χ0n) is 17.7. The Balaban J connectivity index is 1.39. The summed E-state index contributed by atoms with van der Waals surface area (Å²) in [6.45, 7) is 9.19. The minimum absolute atomic E-state index is 0.0180. The van der Waals surface area contributed by atoms with Crippen molar-refractivity contribution >= 4 is 22.6 Å². The molecule has 1 fully saturated rings. The number of anilines is 1. The molecule has 3 heterocycles. The maximum absolute atomic E-state index is 12.8. The summed E-state index contributed by atoms with van der Waals surface area (Å²) >= 11 is 0. The molecule has 29 heavy (non-hydrogen) atoms. The monoisotopic (exact) mass is 394 g/mol. The molecule has 2 N–H and O–H groups in total. The first-order valence-corrected chi connectivity index (χ1v) is 10.3. The van der Waals surface area contributed by atoms with Crippen molar-refractivity contribution in [2.45, 2.75) is 39.2 Å². The lowest BCUT2D eigenvalue weighted by molar-refractivity contribution is 0.0955. The quantitative estimate of drug-likeness (QED) is 0.627. The number of ketones is 1. The molecule has 1 aliphatic rings. The van der Waals surface area contributed by atoms with Gasteiger partial charge in [0.25, 0.3) is 0 Å². The third-order valence-corrected chi connectivity index (χ3v) is 6.11. The molecule has 3 aromatic rings. The Labute approximate surface area is 171 Å². The molecule has 1 unspecified atom stereocenters. The largest absolute Gasteiger partial charge is 0.361 e. The lowest BCUT2D eigenvalue weighted by Gasteiger charge is -2.44. The van der Waals surface area contributed by atoms with Crippen molar-refractivity contribution in [1.82, 2.24) is 25.1 Å². The van der Waals surface area contributed by atoms with E-state index in [2.05, 4.69) is 69.9 Å². The van der Waals surface area contributed by atoms with E-state index in [-0.39, 0.29) is 17.2 Å². The van der Waals surface area contributed by atoms with Gasteiger partial charge in [-0.15, -0.1) is 5.10 Å². The Morgan fingerprint density at radius 2 is 2.07 bits per heavy atom. The molecule has 0 amide bonds. The first-order valence-electron chi connectivity index (χ1n) is 10.3. The Bertz CT molecular complexity index is 1000. The van der Waals surface area contributed by atoms with Crippen LogP contribution < -0.4 is 4.90 Å². The highest BCUT2D eigenvalue weighted by atomic mass is 16.1. The van der Waals surface area contributed by atoms with Crippen LogP contribution in [0.3, 0.4) is 0 Å². The van der Waals surface area contributed by atoms with E-state index in [0.29, 0.717) is 18.2 Å². The molecule has 154 valence electrons. The average Bonchev–Trinajstić information content (AvgIpc) is 3.32. The van der Waals surface area contributed by atoms with Gasteiger partial charge in [-0.2, -0.15) is 4.98 Å². The fraction of sp³-hybridized carbons (Fsp3) is 0.500. The van der Waals surface area contributed by atoms with Crippen molar-refractivity contribution in [2.24, 2.45) is 5.92 Å². The number of aromatic amines is 2. The zero-order chi connectivity index (χ0) is 20.6. The number of benzene rings is 1. The number of likely N-dealkylation sites (N-methyl/N-ethyl adjacent to an activating group) is 1. The molecular formula is C22H30N6O. The summed E-state index contributed by atoms with van der Waals surface area (Å²) in [4.78, 5) is 25.1. The number of Topliss-reactive ketones (excluding diaryl/α,β-unsaturated/α-hetero) is 1. The highest BCUT2D eigenvalue weighted by Crippen LogP contribution is 2.24. The molecule has 0 aliphatic carbocycles. The fourth-order valence-electron chi connectivity index (χ4n) is 4.09. The normalized spacial score (nSPS) is 18.3. The molecule has 2 aromatic heterocycles. The molecule has 1 aliphatic heterocycles. The van der Waals surface area contributed by atoms with Crippen LogP contribution in [0.15, 0.2) is 30.5 Å². The van der Waals surface area contributed by atoms with Crippen molar-refractivity contribution in [3.8, 4) is 0 Å². The van der Waals surface area contributed by atoms with Crippen LogP contribution in [0.1, 0.15) is 43.4 Å². The van der Waals surface area contributed by atoms with Crippen LogP contribution in [-0.2, 0) is 6.42 Å². The molecule has 7 nitrogen and oxygen atoms in total. The van der Waals surface area contributed by atoms with E-state index in [1.807, 2.05) is 18.3 Å². The molecule has 1 atom stereocenters. The number of hydrogen-bond donors (Lipinski definition) is 2. The molecule has 7 heteroatoms. The highest BCUT2D eigenvalue weighted by Gasteiger charge is 2.32. The van der Waals surface area contributed by atoms with Crippen molar-refractivity contribution < 1.29 is 4.79 Å². The van der Waals surface area contributed by atoms with Crippen LogP contribution in [0.4, 0.5) is 5.95 Å². The van der Waals surface area contributed by atoms with Crippen molar-refractivity contribution in [3.63, 3.8) is 0 Å². The summed E-state index contributed by atoms with van der Waals surface area (Å²) in [6, 6.07) is 8.27. The first-order chi connectivity index (χ1) is 13.8. The molecule has 4 rings (SSSR count). The standard InChI is InChI=1S/C22H30N6O/c1-15(11-16-13-23-18-8-6-5-7-17(16)18)12-19(29)20-24-21(26-25-20)28-10-9-27(4)22(2,3)14-28/h5-8,13,15,23H,9-12,14H2,1-4H3,(H,24,25,26). The van der Waals surface area contributed by atoms with E-state index in [9.17, 15) is 4.79 Å². The van der Waals surface area contributed by atoms with E-state index in [4.69, 9.17) is 0 Å². The molecule has 0 bridgehead atoms. The Kier molecular flexibility index (Phi) is 5.17. The van der Waals surface area contributed by atoms with Crippen molar-refractivity contribution in [1.29, 1.82) is 0 Å². The van der Waals surface area contributed by atoms with Gasteiger partial charge in [-0.05, 0) is 44.9 Å². The zero-order valence-corrected chi connectivity index (χ0v) is 17.7. The molecule has 1 aromatic carbocycles. The van der Waals surface area contributed by atoms with Gasteiger partial charge in [-0.3, -0.25) is 14.8 Å². The van der Waals surface area contributed by atoms with Crippen molar-refractivity contribution in [2.75, 3.05) is 31.6 Å². The van der Waals surface area contributed by atoms with E-state index in [1.54, 1.807) is 0 Å². The number of H-pyrrole nitrogens is 2. The average molecular weight is 395 g/mol.